The molecule has 0 fully saturated rings. The molecule has 0 heterocycles. The molecular weight excluding hydrogens is 548 g/mol. The molecule has 0 aliphatic carbocycles. The van der Waals surface area contributed by atoms with E-state index in [-0.39, 0.29) is 24.8 Å². The van der Waals surface area contributed by atoms with Gasteiger partial charge in [-0.15, -0.1) is 0 Å². The molecule has 0 bridgehead atoms. The number of nitrogens with one attached hydrogen (secondary N) is 1. The van der Waals surface area contributed by atoms with Crippen LogP contribution < -0.4 is 9.62 Å². The van der Waals surface area contributed by atoms with E-state index in [1.807, 2.05) is 50.2 Å². The molecule has 214 valence electrons. The van der Waals surface area contributed by atoms with Crippen LogP contribution in [0.5, 0.6) is 0 Å². The van der Waals surface area contributed by atoms with Crippen molar-refractivity contribution >= 4 is 39.3 Å². The van der Waals surface area contributed by atoms with Crippen molar-refractivity contribution in [2.75, 3.05) is 31.5 Å². The van der Waals surface area contributed by atoms with Gasteiger partial charge in [0.05, 0.1) is 5.69 Å². The van der Waals surface area contributed by atoms with Crippen LogP contribution in [-0.2, 0) is 32.8 Å². The van der Waals surface area contributed by atoms with Crippen LogP contribution in [0.2, 0.25) is 5.02 Å². The van der Waals surface area contributed by atoms with Gasteiger partial charge in [0, 0.05) is 38.6 Å². The van der Waals surface area contributed by atoms with Crippen molar-refractivity contribution in [3.8, 4) is 0 Å². The predicted octanol–water partition coefficient (Wildman–Crippen LogP) is 4.37. The van der Waals surface area contributed by atoms with Crippen molar-refractivity contribution in [3.63, 3.8) is 0 Å². The van der Waals surface area contributed by atoms with Gasteiger partial charge in [0.15, 0.2) is 0 Å². The van der Waals surface area contributed by atoms with E-state index in [2.05, 4.69) is 5.32 Å². The van der Waals surface area contributed by atoms with Crippen molar-refractivity contribution in [1.82, 2.24) is 14.5 Å². The zero-order valence-electron chi connectivity index (χ0n) is 23.3. The SMILES string of the molecule is CC(C)CNC(=O)C(Cc1ccccc1)N(Cc1cccc(Cl)c1)C(=O)CN(c1ccccc1)S(=O)(=O)N(C)C. The Morgan fingerprint density at radius 3 is 2.05 bits per heavy atom. The Morgan fingerprint density at radius 2 is 1.48 bits per heavy atom. The van der Waals surface area contributed by atoms with Crippen LogP contribution in [0, 0.1) is 5.92 Å². The van der Waals surface area contributed by atoms with Crippen LogP contribution in [0.15, 0.2) is 84.9 Å². The van der Waals surface area contributed by atoms with Crippen LogP contribution in [0.3, 0.4) is 0 Å². The van der Waals surface area contributed by atoms with Crippen molar-refractivity contribution in [1.29, 1.82) is 0 Å². The molecule has 3 aromatic rings. The highest BCUT2D eigenvalue weighted by Gasteiger charge is 2.34. The van der Waals surface area contributed by atoms with Crippen LogP contribution >= 0.6 is 11.6 Å². The summed E-state index contributed by atoms with van der Waals surface area (Å²) in [6.45, 7) is 4.00. The molecule has 0 aliphatic heterocycles. The fourth-order valence-electron chi connectivity index (χ4n) is 4.12. The minimum Gasteiger partial charge on any atom is -0.354 e. The highest BCUT2D eigenvalue weighted by atomic mass is 35.5. The Hall–Kier alpha value is -3.40. The number of rotatable bonds is 13. The maximum Gasteiger partial charge on any atom is 0.304 e. The molecule has 0 spiro atoms. The third-order valence-electron chi connectivity index (χ3n) is 6.26. The van der Waals surface area contributed by atoms with Crippen LogP contribution in [-0.4, -0.2) is 62.7 Å². The van der Waals surface area contributed by atoms with Crippen LogP contribution in [0.25, 0.3) is 0 Å². The quantitative estimate of drug-likeness (QED) is 0.323. The summed E-state index contributed by atoms with van der Waals surface area (Å²) in [5.41, 5.74) is 1.94. The fraction of sp³-hybridized carbons (Fsp3) is 0.333. The van der Waals surface area contributed by atoms with Crippen molar-refractivity contribution < 1.29 is 18.0 Å². The molecule has 1 N–H and O–H groups in total. The first-order chi connectivity index (χ1) is 19.0. The van der Waals surface area contributed by atoms with Crippen molar-refractivity contribution in [2.24, 2.45) is 5.92 Å². The molecule has 0 radical (unpaired) electrons. The lowest BCUT2D eigenvalue weighted by atomic mass is 10.0. The molecule has 2 amide bonds. The monoisotopic (exact) mass is 584 g/mol. The van der Waals surface area contributed by atoms with E-state index in [0.29, 0.717) is 17.3 Å². The molecule has 1 atom stereocenters. The molecule has 3 aromatic carbocycles. The van der Waals surface area contributed by atoms with E-state index in [9.17, 15) is 18.0 Å². The first-order valence-electron chi connectivity index (χ1n) is 13.1. The number of anilines is 1. The zero-order chi connectivity index (χ0) is 29.3. The second kappa shape index (κ2) is 14.3. The number of amides is 2. The number of hydrogen-bond donors (Lipinski definition) is 1. The number of halogens is 1. The fourth-order valence-corrected chi connectivity index (χ4v) is 5.39. The van der Waals surface area contributed by atoms with E-state index >= 15 is 0 Å². The summed E-state index contributed by atoms with van der Waals surface area (Å²) in [5.74, 6) is -0.623. The second-order valence-electron chi connectivity index (χ2n) is 10.1. The normalized spacial score (nSPS) is 12.3. The Labute approximate surface area is 242 Å². The molecule has 0 saturated heterocycles. The van der Waals surface area contributed by atoms with Crippen LogP contribution in [0.4, 0.5) is 5.69 Å². The van der Waals surface area contributed by atoms with Gasteiger partial charge in [-0.2, -0.15) is 12.7 Å². The maximum atomic E-state index is 14.1. The number of benzene rings is 3. The van der Waals surface area contributed by atoms with Gasteiger partial charge in [-0.25, -0.2) is 4.31 Å². The second-order valence-corrected chi connectivity index (χ2v) is 12.6. The number of para-hydroxylation sites is 1. The van der Waals surface area contributed by atoms with Gasteiger partial charge in [-0.3, -0.25) is 9.59 Å². The minimum absolute atomic E-state index is 0.0661. The Kier molecular flexibility index (Phi) is 11.1. The molecule has 0 aromatic heterocycles. The predicted molar refractivity (Wildman–Crippen MR) is 160 cm³/mol. The summed E-state index contributed by atoms with van der Waals surface area (Å²) in [5, 5.41) is 3.46. The molecule has 0 aliphatic rings. The third-order valence-corrected chi connectivity index (χ3v) is 8.32. The van der Waals surface area contributed by atoms with Crippen molar-refractivity contribution in [2.45, 2.75) is 32.9 Å². The Balaban J connectivity index is 2.07. The van der Waals surface area contributed by atoms with Gasteiger partial charge in [-0.1, -0.05) is 86.1 Å². The summed E-state index contributed by atoms with van der Waals surface area (Å²) in [6, 6.07) is 24.1. The highest BCUT2D eigenvalue weighted by Crippen LogP contribution is 2.22. The lowest BCUT2D eigenvalue weighted by Crippen LogP contribution is -2.54. The molecule has 10 heteroatoms. The summed E-state index contributed by atoms with van der Waals surface area (Å²) in [6.07, 6.45) is 0.253. The average Bonchev–Trinajstić information content (AvgIpc) is 2.93. The molecule has 8 nitrogen and oxygen atoms in total. The lowest BCUT2D eigenvalue weighted by molar-refractivity contribution is -0.140. The van der Waals surface area contributed by atoms with E-state index in [1.165, 1.54) is 19.0 Å². The molecule has 40 heavy (non-hydrogen) atoms. The summed E-state index contributed by atoms with van der Waals surface area (Å²) in [4.78, 5) is 29.2. The minimum atomic E-state index is -4.03. The Bertz CT molecular complexity index is 1370. The zero-order valence-corrected chi connectivity index (χ0v) is 24.9. The van der Waals surface area contributed by atoms with Gasteiger partial charge < -0.3 is 10.2 Å². The molecule has 1 unspecified atom stereocenters. The van der Waals surface area contributed by atoms with E-state index in [0.717, 1.165) is 19.7 Å². The van der Waals surface area contributed by atoms with E-state index < -0.39 is 28.7 Å². The molecule has 0 saturated carbocycles. The number of hydrogen-bond acceptors (Lipinski definition) is 4. The number of carbonyl (C=O) groups is 2. The van der Waals surface area contributed by atoms with Crippen LogP contribution in [0.1, 0.15) is 25.0 Å². The van der Waals surface area contributed by atoms with Gasteiger partial charge in [0.2, 0.25) is 11.8 Å². The van der Waals surface area contributed by atoms with Crippen molar-refractivity contribution in [3.05, 3.63) is 101 Å². The lowest BCUT2D eigenvalue weighted by Gasteiger charge is -2.34. The smallest absolute Gasteiger partial charge is 0.304 e. The highest BCUT2D eigenvalue weighted by molar-refractivity contribution is 7.90. The summed E-state index contributed by atoms with van der Waals surface area (Å²) >= 11 is 6.25. The molecule has 3 rings (SSSR count). The largest absolute Gasteiger partial charge is 0.354 e. The van der Waals surface area contributed by atoms with Gasteiger partial charge in [-0.05, 0) is 41.3 Å². The first kappa shape index (κ1) is 31.1. The first-order valence-corrected chi connectivity index (χ1v) is 14.9. The topological polar surface area (TPSA) is 90.0 Å². The molecular formula is C30H37ClN4O4S. The van der Waals surface area contributed by atoms with E-state index in [1.54, 1.807) is 48.5 Å². The number of nitrogens with zero attached hydrogens (tertiary/aromatic N) is 3. The standard InChI is InChI=1S/C30H37ClN4O4S/c1-23(2)20-32-30(37)28(19-24-12-7-5-8-13-24)34(21-25-14-11-15-26(31)18-25)29(36)22-35(40(38,39)33(3)4)27-16-9-6-10-17-27/h5-18,23,28H,19-22H2,1-4H3,(H,32,37). The summed E-state index contributed by atoms with van der Waals surface area (Å²) in [7, 11) is -1.20. The average molecular weight is 585 g/mol. The maximum absolute atomic E-state index is 14.1. The summed E-state index contributed by atoms with van der Waals surface area (Å²) < 4.78 is 28.8. The van der Waals surface area contributed by atoms with E-state index in [4.69, 9.17) is 11.6 Å². The number of carbonyl (C=O) groups excluding carboxylic acids is 2. The Morgan fingerprint density at radius 1 is 0.875 bits per heavy atom. The van der Waals surface area contributed by atoms with Gasteiger partial charge in [0.1, 0.15) is 12.6 Å². The third kappa shape index (κ3) is 8.55. The van der Waals surface area contributed by atoms with Gasteiger partial charge in [0.25, 0.3) is 0 Å². The van der Waals surface area contributed by atoms with Gasteiger partial charge >= 0.3 is 10.2 Å².